The summed E-state index contributed by atoms with van der Waals surface area (Å²) in [7, 11) is -3.59. The zero-order valence-corrected chi connectivity index (χ0v) is 11.3. The number of hydrogen-bond donors (Lipinski definition) is 2. The molecule has 1 aromatic carbocycles. The number of aryl methyl sites for hydroxylation is 1. The summed E-state index contributed by atoms with van der Waals surface area (Å²) in [5.74, 6) is 0.565. The van der Waals surface area contributed by atoms with Crippen LogP contribution in [0.3, 0.4) is 0 Å². The first-order valence-electron chi connectivity index (χ1n) is 5.75. The topological polar surface area (TPSA) is 103 Å². The van der Waals surface area contributed by atoms with Crippen molar-refractivity contribution in [3.63, 3.8) is 0 Å². The van der Waals surface area contributed by atoms with Crippen LogP contribution < -0.4 is 10.5 Å². The third kappa shape index (κ3) is 3.09. The number of hydrogen-bond acceptors (Lipinski definition) is 5. The van der Waals surface area contributed by atoms with E-state index < -0.39 is 10.0 Å². The standard InChI is InChI=1S/C11H15N5O2S/c1-2-16-8-13-15-11(16)7-14-19(17,18)10-5-3-4-9(12)6-10/h3-6,8,14H,2,7,12H2,1H3. The second-order valence-corrected chi connectivity index (χ2v) is 5.70. The highest BCUT2D eigenvalue weighted by Crippen LogP contribution is 2.12. The van der Waals surface area contributed by atoms with Gasteiger partial charge < -0.3 is 10.3 Å². The molecule has 0 atom stereocenters. The fraction of sp³-hybridized carbons (Fsp3) is 0.273. The van der Waals surface area contributed by atoms with E-state index >= 15 is 0 Å². The maximum absolute atomic E-state index is 12.1. The summed E-state index contributed by atoms with van der Waals surface area (Å²) in [6.45, 7) is 2.70. The molecule has 2 rings (SSSR count). The monoisotopic (exact) mass is 281 g/mol. The van der Waals surface area contributed by atoms with Crippen LogP contribution in [0.1, 0.15) is 12.7 Å². The van der Waals surface area contributed by atoms with Crippen molar-refractivity contribution in [2.24, 2.45) is 0 Å². The molecule has 0 aliphatic rings. The van der Waals surface area contributed by atoms with E-state index in [4.69, 9.17) is 5.73 Å². The summed E-state index contributed by atoms with van der Waals surface area (Å²) < 4.78 is 28.3. The largest absolute Gasteiger partial charge is 0.399 e. The first-order chi connectivity index (χ1) is 9.03. The Labute approximate surface area is 111 Å². The molecule has 8 heteroatoms. The van der Waals surface area contributed by atoms with Crippen molar-refractivity contribution in [3.05, 3.63) is 36.4 Å². The lowest BCUT2D eigenvalue weighted by molar-refractivity contribution is 0.575. The van der Waals surface area contributed by atoms with Gasteiger partial charge in [-0.05, 0) is 25.1 Å². The van der Waals surface area contributed by atoms with Gasteiger partial charge in [-0.2, -0.15) is 0 Å². The molecule has 0 aliphatic carbocycles. The lowest BCUT2D eigenvalue weighted by atomic mass is 10.3. The molecule has 0 bridgehead atoms. The van der Waals surface area contributed by atoms with Gasteiger partial charge in [0.1, 0.15) is 12.2 Å². The molecule has 7 nitrogen and oxygen atoms in total. The Morgan fingerprint density at radius 3 is 2.89 bits per heavy atom. The minimum Gasteiger partial charge on any atom is -0.399 e. The molecule has 3 N–H and O–H groups in total. The van der Waals surface area contributed by atoms with E-state index in [-0.39, 0.29) is 11.4 Å². The summed E-state index contributed by atoms with van der Waals surface area (Å²) in [5.41, 5.74) is 5.98. The zero-order valence-electron chi connectivity index (χ0n) is 10.4. The molecule has 0 amide bonds. The Morgan fingerprint density at radius 2 is 2.21 bits per heavy atom. The molecule has 0 fully saturated rings. The SMILES string of the molecule is CCn1cnnc1CNS(=O)(=O)c1cccc(N)c1. The van der Waals surface area contributed by atoms with Crippen LogP contribution in [0.2, 0.25) is 0 Å². The van der Waals surface area contributed by atoms with Crippen LogP contribution in [0.5, 0.6) is 0 Å². The highest BCUT2D eigenvalue weighted by Gasteiger charge is 2.15. The summed E-state index contributed by atoms with van der Waals surface area (Å²) in [5, 5.41) is 7.60. The van der Waals surface area contributed by atoms with E-state index in [1.807, 2.05) is 6.92 Å². The molecule has 2 aromatic rings. The molecular formula is C11H15N5O2S. The predicted octanol–water partition coefficient (Wildman–Crippen LogP) is 0.359. The molecule has 0 saturated heterocycles. The molecule has 1 aromatic heterocycles. The Kier molecular flexibility index (Phi) is 3.82. The molecule has 0 spiro atoms. The quantitative estimate of drug-likeness (QED) is 0.770. The molecule has 0 radical (unpaired) electrons. The van der Waals surface area contributed by atoms with E-state index in [1.165, 1.54) is 12.1 Å². The van der Waals surface area contributed by atoms with Crippen LogP contribution >= 0.6 is 0 Å². The van der Waals surface area contributed by atoms with Gasteiger partial charge in [-0.3, -0.25) is 0 Å². The first-order valence-corrected chi connectivity index (χ1v) is 7.23. The lowest BCUT2D eigenvalue weighted by Gasteiger charge is -2.07. The van der Waals surface area contributed by atoms with Gasteiger partial charge in [0.2, 0.25) is 10.0 Å². The average molecular weight is 281 g/mol. The predicted molar refractivity (Wildman–Crippen MR) is 70.6 cm³/mol. The third-order valence-corrected chi connectivity index (χ3v) is 4.02. The Hall–Kier alpha value is -1.93. The Morgan fingerprint density at radius 1 is 1.42 bits per heavy atom. The van der Waals surface area contributed by atoms with Crippen LogP contribution in [-0.4, -0.2) is 23.2 Å². The number of nitrogens with one attached hydrogen (secondary N) is 1. The van der Waals surface area contributed by atoms with Gasteiger partial charge in [0.05, 0.1) is 11.4 Å². The van der Waals surface area contributed by atoms with Crippen LogP contribution in [0.4, 0.5) is 5.69 Å². The van der Waals surface area contributed by atoms with Gasteiger partial charge in [-0.15, -0.1) is 10.2 Å². The van der Waals surface area contributed by atoms with Crippen molar-refractivity contribution in [2.75, 3.05) is 5.73 Å². The van der Waals surface area contributed by atoms with Crippen LogP contribution in [0.15, 0.2) is 35.5 Å². The van der Waals surface area contributed by atoms with Crippen LogP contribution in [0, 0.1) is 0 Å². The third-order valence-electron chi connectivity index (χ3n) is 2.63. The Balaban J connectivity index is 2.14. The number of nitrogens with two attached hydrogens (primary N) is 1. The molecule has 102 valence electrons. The first kappa shape index (κ1) is 13.5. The second kappa shape index (κ2) is 5.37. The summed E-state index contributed by atoms with van der Waals surface area (Å²) >= 11 is 0. The van der Waals surface area contributed by atoms with E-state index in [0.29, 0.717) is 18.1 Å². The molecule has 19 heavy (non-hydrogen) atoms. The van der Waals surface area contributed by atoms with E-state index in [9.17, 15) is 8.42 Å². The average Bonchev–Trinajstić information content (AvgIpc) is 2.84. The van der Waals surface area contributed by atoms with Gasteiger partial charge in [-0.25, -0.2) is 13.1 Å². The van der Waals surface area contributed by atoms with Gasteiger partial charge in [0.15, 0.2) is 0 Å². The summed E-state index contributed by atoms with van der Waals surface area (Å²) in [6, 6.07) is 6.13. The van der Waals surface area contributed by atoms with E-state index in [1.54, 1.807) is 23.0 Å². The number of nitrogen functional groups attached to an aromatic ring is 1. The number of sulfonamides is 1. The van der Waals surface area contributed by atoms with Crippen molar-refractivity contribution < 1.29 is 8.42 Å². The maximum atomic E-state index is 12.1. The zero-order chi connectivity index (χ0) is 13.9. The van der Waals surface area contributed by atoms with Crippen molar-refractivity contribution in [2.45, 2.75) is 24.9 Å². The van der Waals surface area contributed by atoms with Crippen molar-refractivity contribution in [3.8, 4) is 0 Å². The molecule has 0 saturated carbocycles. The number of rotatable bonds is 5. The van der Waals surface area contributed by atoms with Gasteiger partial charge >= 0.3 is 0 Å². The van der Waals surface area contributed by atoms with Gasteiger partial charge in [0, 0.05) is 12.2 Å². The molecular weight excluding hydrogens is 266 g/mol. The lowest BCUT2D eigenvalue weighted by Crippen LogP contribution is -2.25. The van der Waals surface area contributed by atoms with Crippen LogP contribution in [0.25, 0.3) is 0 Å². The highest BCUT2D eigenvalue weighted by atomic mass is 32.2. The molecule has 0 aliphatic heterocycles. The number of benzene rings is 1. The minimum absolute atomic E-state index is 0.0883. The van der Waals surface area contributed by atoms with Gasteiger partial charge in [-0.1, -0.05) is 6.07 Å². The van der Waals surface area contributed by atoms with Crippen LogP contribution in [-0.2, 0) is 23.1 Å². The Bertz CT molecular complexity index is 665. The minimum atomic E-state index is -3.59. The summed E-state index contributed by atoms with van der Waals surface area (Å²) in [6.07, 6.45) is 1.56. The van der Waals surface area contributed by atoms with Crippen molar-refractivity contribution >= 4 is 15.7 Å². The number of anilines is 1. The molecule has 0 unspecified atom stereocenters. The normalized spacial score (nSPS) is 11.6. The van der Waals surface area contributed by atoms with Crippen molar-refractivity contribution in [1.82, 2.24) is 19.5 Å². The second-order valence-electron chi connectivity index (χ2n) is 3.93. The van der Waals surface area contributed by atoms with E-state index in [0.717, 1.165) is 0 Å². The summed E-state index contributed by atoms with van der Waals surface area (Å²) in [4.78, 5) is 0.134. The van der Waals surface area contributed by atoms with Gasteiger partial charge in [0.25, 0.3) is 0 Å². The highest BCUT2D eigenvalue weighted by molar-refractivity contribution is 7.89. The maximum Gasteiger partial charge on any atom is 0.241 e. The molecule has 1 heterocycles. The smallest absolute Gasteiger partial charge is 0.241 e. The fourth-order valence-corrected chi connectivity index (χ4v) is 2.64. The fourth-order valence-electron chi connectivity index (χ4n) is 1.60. The number of nitrogens with zero attached hydrogens (tertiary/aromatic N) is 3. The van der Waals surface area contributed by atoms with E-state index in [2.05, 4.69) is 14.9 Å². The number of aromatic nitrogens is 3. The van der Waals surface area contributed by atoms with Crippen molar-refractivity contribution in [1.29, 1.82) is 0 Å².